The SMILES string of the molecule is C[C@@H]1CN([C@H](C)CO)C(=O)Cc2cc(NC(=O)C3CCCCC3)ccc2O[C@H]1CN(C)Cc1ccncc1. The number of pyridine rings is 1. The van der Waals surface area contributed by atoms with Crippen molar-refractivity contribution < 1.29 is 19.4 Å². The average Bonchev–Trinajstić information content (AvgIpc) is 2.97. The summed E-state index contributed by atoms with van der Waals surface area (Å²) in [6.07, 6.45) is 8.81. The van der Waals surface area contributed by atoms with Crippen LogP contribution in [0.3, 0.4) is 0 Å². The molecular weight excluding hydrogens is 480 g/mol. The van der Waals surface area contributed by atoms with Gasteiger partial charge in [-0.1, -0.05) is 26.2 Å². The van der Waals surface area contributed by atoms with Gasteiger partial charge < -0.3 is 20.1 Å². The minimum atomic E-state index is -0.295. The molecule has 2 aromatic rings. The third-order valence-electron chi connectivity index (χ3n) is 7.85. The molecule has 1 aliphatic heterocycles. The van der Waals surface area contributed by atoms with Crippen LogP contribution in [-0.2, 0) is 22.6 Å². The third kappa shape index (κ3) is 7.32. The Kier molecular flexibility index (Phi) is 9.74. The molecule has 8 nitrogen and oxygen atoms in total. The Hall–Kier alpha value is -2.97. The second-order valence-corrected chi connectivity index (χ2v) is 11.1. The van der Waals surface area contributed by atoms with Crippen molar-refractivity contribution in [3.05, 3.63) is 53.9 Å². The van der Waals surface area contributed by atoms with Crippen LogP contribution in [0.5, 0.6) is 5.75 Å². The number of carbonyl (C=O) groups is 2. The van der Waals surface area contributed by atoms with Crippen LogP contribution < -0.4 is 10.1 Å². The van der Waals surface area contributed by atoms with Crippen LogP contribution in [0, 0.1) is 11.8 Å². The number of nitrogens with one attached hydrogen (secondary N) is 1. The molecule has 206 valence electrons. The van der Waals surface area contributed by atoms with Crippen LogP contribution in [0.15, 0.2) is 42.7 Å². The molecule has 0 unspecified atom stereocenters. The summed E-state index contributed by atoms with van der Waals surface area (Å²) in [5.41, 5.74) is 2.61. The summed E-state index contributed by atoms with van der Waals surface area (Å²) in [7, 11) is 2.06. The summed E-state index contributed by atoms with van der Waals surface area (Å²) in [6.45, 7) is 5.78. The fourth-order valence-electron chi connectivity index (χ4n) is 5.51. The number of amides is 2. The Morgan fingerprint density at radius 1 is 1.21 bits per heavy atom. The van der Waals surface area contributed by atoms with E-state index in [2.05, 4.69) is 29.2 Å². The average molecular weight is 523 g/mol. The van der Waals surface area contributed by atoms with Gasteiger partial charge in [-0.25, -0.2) is 0 Å². The number of carbonyl (C=O) groups excluding carboxylic acids is 2. The molecule has 0 spiro atoms. The summed E-state index contributed by atoms with van der Waals surface area (Å²) >= 11 is 0. The number of ether oxygens (including phenoxy) is 1. The fraction of sp³-hybridized carbons (Fsp3) is 0.567. The smallest absolute Gasteiger partial charge is 0.227 e. The Morgan fingerprint density at radius 2 is 1.95 bits per heavy atom. The number of aliphatic hydroxyl groups excluding tert-OH is 1. The lowest BCUT2D eigenvalue weighted by Crippen LogP contribution is -2.47. The molecule has 0 radical (unpaired) electrons. The normalized spacial score (nSPS) is 21.6. The maximum atomic E-state index is 13.4. The van der Waals surface area contributed by atoms with E-state index in [1.807, 2.05) is 37.3 Å². The van der Waals surface area contributed by atoms with Gasteiger partial charge in [0.25, 0.3) is 0 Å². The molecule has 8 heteroatoms. The molecule has 1 saturated carbocycles. The van der Waals surface area contributed by atoms with Gasteiger partial charge in [0, 0.05) is 55.1 Å². The molecule has 0 saturated heterocycles. The van der Waals surface area contributed by atoms with E-state index in [-0.39, 0.29) is 48.8 Å². The molecule has 2 aliphatic rings. The number of likely N-dealkylation sites (N-methyl/N-ethyl adjacent to an activating group) is 1. The van der Waals surface area contributed by atoms with Crippen molar-refractivity contribution in [1.82, 2.24) is 14.8 Å². The van der Waals surface area contributed by atoms with Crippen LogP contribution in [0.1, 0.15) is 57.1 Å². The number of fused-ring (bicyclic) bond motifs is 1. The van der Waals surface area contributed by atoms with E-state index in [0.29, 0.717) is 24.5 Å². The van der Waals surface area contributed by atoms with Crippen molar-refractivity contribution in [2.45, 2.75) is 71.1 Å². The predicted molar refractivity (Wildman–Crippen MR) is 148 cm³/mol. The Morgan fingerprint density at radius 3 is 2.66 bits per heavy atom. The van der Waals surface area contributed by atoms with Crippen molar-refractivity contribution in [3.63, 3.8) is 0 Å². The van der Waals surface area contributed by atoms with E-state index >= 15 is 0 Å². The summed E-state index contributed by atoms with van der Waals surface area (Å²) in [6, 6.07) is 9.35. The first-order chi connectivity index (χ1) is 18.3. The molecule has 1 aromatic carbocycles. The molecule has 1 aliphatic carbocycles. The van der Waals surface area contributed by atoms with Gasteiger partial charge in [0.15, 0.2) is 0 Å². The molecule has 1 fully saturated rings. The zero-order valence-electron chi connectivity index (χ0n) is 22.9. The molecule has 4 rings (SSSR count). The van der Waals surface area contributed by atoms with Gasteiger partial charge in [-0.3, -0.25) is 19.5 Å². The highest BCUT2D eigenvalue weighted by Gasteiger charge is 2.31. The second-order valence-electron chi connectivity index (χ2n) is 11.1. The molecule has 2 N–H and O–H groups in total. The minimum absolute atomic E-state index is 0.0319. The van der Waals surface area contributed by atoms with E-state index in [4.69, 9.17) is 4.74 Å². The van der Waals surface area contributed by atoms with Gasteiger partial charge in [-0.05, 0) is 62.7 Å². The predicted octanol–water partition coefficient (Wildman–Crippen LogP) is 3.88. The second kappa shape index (κ2) is 13.2. The lowest BCUT2D eigenvalue weighted by Gasteiger charge is -2.34. The number of aromatic nitrogens is 1. The van der Waals surface area contributed by atoms with Gasteiger partial charge in [0.2, 0.25) is 11.8 Å². The number of rotatable bonds is 8. The lowest BCUT2D eigenvalue weighted by atomic mass is 9.88. The van der Waals surface area contributed by atoms with Crippen molar-refractivity contribution in [2.24, 2.45) is 11.8 Å². The molecule has 38 heavy (non-hydrogen) atoms. The van der Waals surface area contributed by atoms with Gasteiger partial charge in [0.05, 0.1) is 19.1 Å². The Balaban J connectivity index is 1.57. The molecule has 3 atom stereocenters. The van der Waals surface area contributed by atoms with E-state index in [1.54, 1.807) is 17.3 Å². The topological polar surface area (TPSA) is 95.0 Å². The molecule has 1 aromatic heterocycles. The first kappa shape index (κ1) is 28.0. The van der Waals surface area contributed by atoms with Crippen molar-refractivity contribution in [2.75, 3.05) is 32.1 Å². The highest BCUT2D eigenvalue weighted by atomic mass is 16.5. The van der Waals surface area contributed by atoms with Crippen LogP contribution in [0.2, 0.25) is 0 Å². The zero-order valence-corrected chi connectivity index (χ0v) is 22.9. The monoisotopic (exact) mass is 522 g/mol. The summed E-state index contributed by atoms with van der Waals surface area (Å²) in [5, 5.41) is 13.0. The quantitative estimate of drug-likeness (QED) is 0.546. The van der Waals surface area contributed by atoms with Crippen LogP contribution in [0.4, 0.5) is 5.69 Å². The van der Waals surface area contributed by atoms with E-state index in [0.717, 1.165) is 37.8 Å². The van der Waals surface area contributed by atoms with Crippen LogP contribution in [-0.4, -0.2) is 70.6 Å². The Labute approximate surface area is 226 Å². The lowest BCUT2D eigenvalue weighted by molar-refractivity contribution is -0.134. The number of aliphatic hydroxyl groups is 1. The van der Waals surface area contributed by atoms with Gasteiger partial charge in [0.1, 0.15) is 11.9 Å². The van der Waals surface area contributed by atoms with Crippen molar-refractivity contribution in [3.8, 4) is 5.75 Å². The van der Waals surface area contributed by atoms with Crippen molar-refractivity contribution in [1.29, 1.82) is 0 Å². The van der Waals surface area contributed by atoms with Gasteiger partial charge >= 0.3 is 0 Å². The highest BCUT2D eigenvalue weighted by molar-refractivity contribution is 5.93. The molecule has 0 bridgehead atoms. The summed E-state index contributed by atoms with van der Waals surface area (Å²) < 4.78 is 6.62. The van der Waals surface area contributed by atoms with Crippen LogP contribution in [0.25, 0.3) is 0 Å². The fourth-order valence-corrected chi connectivity index (χ4v) is 5.51. The van der Waals surface area contributed by atoms with Gasteiger partial charge in [-0.2, -0.15) is 0 Å². The highest BCUT2D eigenvalue weighted by Crippen LogP contribution is 2.30. The number of nitrogens with zero attached hydrogens (tertiary/aromatic N) is 3. The van der Waals surface area contributed by atoms with Crippen molar-refractivity contribution >= 4 is 17.5 Å². The number of hydrogen-bond acceptors (Lipinski definition) is 6. The maximum absolute atomic E-state index is 13.4. The van der Waals surface area contributed by atoms with E-state index < -0.39 is 0 Å². The molecule has 2 heterocycles. The Bertz CT molecular complexity index is 1070. The maximum Gasteiger partial charge on any atom is 0.227 e. The van der Waals surface area contributed by atoms with E-state index in [1.165, 1.54) is 12.0 Å². The number of anilines is 1. The van der Waals surface area contributed by atoms with Gasteiger partial charge in [-0.15, -0.1) is 0 Å². The summed E-state index contributed by atoms with van der Waals surface area (Å²) in [4.78, 5) is 34.4. The number of benzene rings is 1. The zero-order chi connectivity index (χ0) is 27.1. The molecular formula is C30H42N4O4. The minimum Gasteiger partial charge on any atom is -0.488 e. The molecule has 2 amide bonds. The van der Waals surface area contributed by atoms with E-state index in [9.17, 15) is 14.7 Å². The summed E-state index contributed by atoms with van der Waals surface area (Å²) in [5.74, 6) is 0.754. The first-order valence-corrected chi connectivity index (χ1v) is 13.9. The number of hydrogen-bond donors (Lipinski definition) is 2. The standard InChI is InChI=1S/C30H42N4O4/c1-21-17-34(22(2)20-35)29(36)16-25-15-26(32-30(37)24-7-5-4-6-8-24)9-10-27(25)38-28(21)19-33(3)18-23-11-13-31-14-12-23/h9-15,21-22,24,28,35H,4-8,16-20H2,1-3H3,(H,32,37)/t21-,22-,28+/m1/s1. The first-order valence-electron chi connectivity index (χ1n) is 13.9. The third-order valence-corrected chi connectivity index (χ3v) is 7.85. The largest absolute Gasteiger partial charge is 0.488 e. The van der Waals surface area contributed by atoms with Crippen LogP contribution >= 0.6 is 0 Å².